The van der Waals surface area contributed by atoms with Crippen LogP contribution in [0.4, 0.5) is 0 Å². The molecule has 3 nitrogen and oxygen atoms in total. The van der Waals surface area contributed by atoms with Crippen molar-refractivity contribution in [2.75, 3.05) is 0 Å². The SMILES string of the molecule is CC(C)c1ccc2ncc(I)n2n1. The Labute approximate surface area is 90.3 Å². The number of halogens is 1. The van der Waals surface area contributed by atoms with Gasteiger partial charge in [-0.15, -0.1) is 0 Å². The summed E-state index contributed by atoms with van der Waals surface area (Å²) in [6.07, 6.45) is 1.83. The predicted octanol–water partition coefficient (Wildman–Crippen LogP) is 2.46. The molecule has 0 atom stereocenters. The van der Waals surface area contributed by atoms with Gasteiger partial charge in [0.25, 0.3) is 0 Å². The summed E-state index contributed by atoms with van der Waals surface area (Å²) >= 11 is 2.23. The number of aromatic nitrogens is 3. The Morgan fingerprint density at radius 3 is 2.85 bits per heavy atom. The van der Waals surface area contributed by atoms with Gasteiger partial charge in [-0.2, -0.15) is 5.10 Å². The van der Waals surface area contributed by atoms with Gasteiger partial charge < -0.3 is 0 Å². The van der Waals surface area contributed by atoms with Crippen LogP contribution in [0.5, 0.6) is 0 Å². The molecule has 4 heteroatoms. The molecule has 0 amide bonds. The minimum absolute atomic E-state index is 0.461. The molecule has 0 aliphatic heterocycles. The first kappa shape index (κ1) is 8.93. The lowest BCUT2D eigenvalue weighted by Crippen LogP contribution is -2.00. The van der Waals surface area contributed by atoms with Gasteiger partial charge in [0.1, 0.15) is 3.70 Å². The zero-order chi connectivity index (χ0) is 9.42. The predicted molar refractivity (Wildman–Crippen MR) is 59.8 cm³/mol. The van der Waals surface area contributed by atoms with Crippen LogP contribution in [-0.2, 0) is 0 Å². The van der Waals surface area contributed by atoms with E-state index in [2.05, 4.69) is 46.5 Å². The van der Waals surface area contributed by atoms with Gasteiger partial charge in [0, 0.05) is 0 Å². The van der Waals surface area contributed by atoms with E-state index in [-0.39, 0.29) is 0 Å². The quantitative estimate of drug-likeness (QED) is 0.754. The maximum Gasteiger partial charge on any atom is 0.154 e. The highest BCUT2D eigenvalue weighted by atomic mass is 127. The summed E-state index contributed by atoms with van der Waals surface area (Å²) in [5.74, 6) is 0.461. The molecule has 0 aromatic carbocycles. The number of rotatable bonds is 1. The summed E-state index contributed by atoms with van der Waals surface area (Å²) in [7, 11) is 0. The van der Waals surface area contributed by atoms with Crippen LogP contribution < -0.4 is 0 Å². The molecule has 68 valence electrons. The molecule has 0 N–H and O–H groups in total. The van der Waals surface area contributed by atoms with E-state index in [4.69, 9.17) is 0 Å². The molecule has 0 saturated carbocycles. The third-order valence-corrected chi connectivity index (χ3v) is 2.67. The lowest BCUT2D eigenvalue weighted by molar-refractivity contribution is 0.757. The van der Waals surface area contributed by atoms with E-state index < -0.39 is 0 Å². The standard InChI is InChI=1S/C9H10IN3/c1-6(2)7-3-4-9-11-5-8(10)13(9)12-7/h3-6H,1-2H3. The van der Waals surface area contributed by atoms with Crippen molar-refractivity contribution in [1.82, 2.24) is 14.6 Å². The zero-order valence-corrected chi connectivity index (χ0v) is 9.69. The van der Waals surface area contributed by atoms with Crippen molar-refractivity contribution in [3.8, 4) is 0 Å². The molecule has 0 aliphatic carbocycles. The van der Waals surface area contributed by atoms with Crippen LogP contribution in [0, 0.1) is 3.70 Å². The molecule has 0 radical (unpaired) electrons. The van der Waals surface area contributed by atoms with E-state index in [1.54, 1.807) is 0 Å². The van der Waals surface area contributed by atoms with Gasteiger partial charge in [-0.3, -0.25) is 0 Å². The van der Waals surface area contributed by atoms with Crippen molar-refractivity contribution >= 4 is 28.2 Å². The van der Waals surface area contributed by atoms with E-state index >= 15 is 0 Å². The third kappa shape index (κ3) is 1.54. The summed E-state index contributed by atoms with van der Waals surface area (Å²) in [6.45, 7) is 4.27. The molecule has 2 heterocycles. The number of hydrogen-bond donors (Lipinski definition) is 0. The Bertz CT molecular complexity index is 433. The largest absolute Gasteiger partial charge is 0.234 e. The fourth-order valence-corrected chi connectivity index (χ4v) is 1.66. The summed E-state index contributed by atoms with van der Waals surface area (Å²) < 4.78 is 2.92. The Morgan fingerprint density at radius 2 is 2.15 bits per heavy atom. The highest BCUT2D eigenvalue weighted by Gasteiger charge is 2.04. The van der Waals surface area contributed by atoms with Gasteiger partial charge in [-0.25, -0.2) is 9.50 Å². The maximum absolute atomic E-state index is 4.48. The van der Waals surface area contributed by atoms with Gasteiger partial charge in [0.2, 0.25) is 0 Å². The summed E-state index contributed by atoms with van der Waals surface area (Å²) in [5, 5.41) is 4.48. The van der Waals surface area contributed by atoms with Crippen LogP contribution in [0.1, 0.15) is 25.5 Å². The molecule has 0 unspecified atom stereocenters. The zero-order valence-electron chi connectivity index (χ0n) is 7.53. The van der Waals surface area contributed by atoms with Crippen molar-refractivity contribution in [3.05, 3.63) is 27.7 Å². The fraction of sp³-hybridized carbons (Fsp3) is 0.333. The summed E-state index contributed by atoms with van der Waals surface area (Å²) in [4.78, 5) is 4.21. The average molecular weight is 287 g/mol. The van der Waals surface area contributed by atoms with Gasteiger partial charge in [0.15, 0.2) is 5.65 Å². The lowest BCUT2D eigenvalue weighted by atomic mass is 10.1. The van der Waals surface area contributed by atoms with E-state index in [1.165, 1.54) is 0 Å². The van der Waals surface area contributed by atoms with Crippen LogP contribution in [0.15, 0.2) is 18.3 Å². The number of fused-ring (bicyclic) bond motifs is 1. The number of imidazole rings is 1. The van der Waals surface area contributed by atoms with Crippen molar-refractivity contribution in [3.63, 3.8) is 0 Å². The first-order chi connectivity index (χ1) is 6.18. The molecule has 0 spiro atoms. The Balaban J connectivity index is 2.66. The lowest BCUT2D eigenvalue weighted by Gasteiger charge is -2.03. The molecule has 2 aromatic rings. The molecular formula is C9H10IN3. The Morgan fingerprint density at radius 1 is 1.38 bits per heavy atom. The topological polar surface area (TPSA) is 30.2 Å². The first-order valence-electron chi connectivity index (χ1n) is 4.18. The number of nitrogens with zero attached hydrogens (tertiary/aromatic N) is 3. The molecule has 13 heavy (non-hydrogen) atoms. The van der Waals surface area contributed by atoms with Crippen LogP contribution >= 0.6 is 22.6 Å². The monoisotopic (exact) mass is 287 g/mol. The second-order valence-corrected chi connectivity index (χ2v) is 4.37. The maximum atomic E-state index is 4.48. The van der Waals surface area contributed by atoms with Crippen LogP contribution in [-0.4, -0.2) is 14.6 Å². The molecule has 0 fully saturated rings. The molecule has 0 aliphatic rings. The minimum Gasteiger partial charge on any atom is -0.234 e. The fourth-order valence-electron chi connectivity index (χ4n) is 1.17. The van der Waals surface area contributed by atoms with E-state index in [1.807, 2.05) is 22.8 Å². The van der Waals surface area contributed by atoms with Crippen LogP contribution in [0.3, 0.4) is 0 Å². The second-order valence-electron chi connectivity index (χ2n) is 3.26. The van der Waals surface area contributed by atoms with E-state index in [9.17, 15) is 0 Å². The molecular weight excluding hydrogens is 277 g/mol. The van der Waals surface area contributed by atoms with Crippen molar-refractivity contribution in [1.29, 1.82) is 0 Å². The smallest absolute Gasteiger partial charge is 0.154 e. The molecule has 2 aromatic heterocycles. The highest BCUT2D eigenvalue weighted by Crippen LogP contribution is 2.13. The summed E-state index contributed by atoms with van der Waals surface area (Å²) in [6, 6.07) is 4.04. The Kier molecular flexibility index (Phi) is 2.23. The van der Waals surface area contributed by atoms with Crippen molar-refractivity contribution in [2.24, 2.45) is 0 Å². The van der Waals surface area contributed by atoms with Crippen LogP contribution in [0.25, 0.3) is 5.65 Å². The van der Waals surface area contributed by atoms with Crippen LogP contribution in [0.2, 0.25) is 0 Å². The summed E-state index contributed by atoms with van der Waals surface area (Å²) in [5.41, 5.74) is 2.01. The van der Waals surface area contributed by atoms with Crippen molar-refractivity contribution in [2.45, 2.75) is 19.8 Å². The van der Waals surface area contributed by atoms with Gasteiger partial charge in [-0.1, -0.05) is 13.8 Å². The van der Waals surface area contributed by atoms with Crippen molar-refractivity contribution < 1.29 is 0 Å². The van der Waals surface area contributed by atoms with E-state index in [0.29, 0.717) is 5.92 Å². The third-order valence-electron chi connectivity index (χ3n) is 1.93. The first-order valence-corrected chi connectivity index (χ1v) is 5.26. The normalized spacial score (nSPS) is 11.4. The average Bonchev–Trinajstić information content (AvgIpc) is 2.47. The molecule has 0 saturated heterocycles. The highest BCUT2D eigenvalue weighted by molar-refractivity contribution is 14.1. The number of hydrogen-bond acceptors (Lipinski definition) is 2. The minimum atomic E-state index is 0.461. The molecule has 0 bridgehead atoms. The van der Waals surface area contributed by atoms with Gasteiger partial charge in [0.05, 0.1) is 11.9 Å². The second kappa shape index (κ2) is 3.25. The van der Waals surface area contributed by atoms with E-state index in [0.717, 1.165) is 15.0 Å². The van der Waals surface area contributed by atoms with Gasteiger partial charge in [-0.05, 0) is 40.6 Å². The van der Waals surface area contributed by atoms with Gasteiger partial charge >= 0.3 is 0 Å². The Hall–Kier alpha value is -0.650. The molecule has 2 rings (SSSR count).